The highest BCUT2D eigenvalue weighted by molar-refractivity contribution is 6.30. The van der Waals surface area contributed by atoms with Crippen LogP contribution in [0.1, 0.15) is 41.9 Å². The Bertz CT molecular complexity index is 1320. The number of allylic oxidation sites excluding steroid dienone is 2. The third kappa shape index (κ3) is 3.84. The molecular formula is C29H25ClN2O2. The monoisotopic (exact) mass is 468 g/mol. The van der Waals surface area contributed by atoms with Gasteiger partial charge in [0.1, 0.15) is 11.6 Å². The summed E-state index contributed by atoms with van der Waals surface area (Å²) in [6.07, 6.45) is 1.88. The van der Waals surface area contributed by atoms with Crippen LogP contribution in [0.2, 0.25) is 5.02 Å². The summed E-state index contributed by atoms with van der Waals surface area (Å²) < 4.78 is 0. The van der Waals surface area contributed by atoms with Gasteiger partial charge >= 0.3 is 0 Å². The maximum absolute atomic E-state index is 13.4. The lowest BCUT2D eigenvalue weighted by atomic mass is 9.73. The third-order valence-corrected chi connectivity index (χ3v) is 6.80. The Morgan fingerprint density at radius 3 is 2.32 bits per heavy atom. The molecule has 0 spiro atoms. The first kappa shape index (κ1) is 22.2. The van der Waals surface area contributed by atoms with E-state index in [2.05, 4.69) is 0 Å². The first-order valence-corrected chi connectivity index (χ1v) is 11.8. The van der Waals surface area contributed by atoms with Crippen LogP contribution in [-0.4, -0.2) is 16.7 Å². The van der Waals surface area contributed by atoms with Crippen LogP contribution in [0.5, 0.6) is 0 Å². The van der Waals surface area contributed by atoms with Crippen LogP contribution in [0.15, 0.2) is 95.7 Å². The molecular weight excluding hydrogens is 444 g/mol. The van der Waals surface area contributed by atoms with Crippen molar-refractivity contribution in [1.82, 2.24) is 0 Å². The Kier molecular flexibility index (Phi) is 5.84. The summed E-state index contributed by atoms with van der Waals surface area (Å²) >= 11 is 6.14. The number of carbonyl (C=O) groups excluding carboxylic acids is 1. The second kappa shape index (κ2) is 8.96. The van der Waals surface area contributed by atoms with Gasteiger partial charge in [-0.05, 0) is 49.6 Å². The Labute approximate surface area is 204 Å². The highest BCUT2D eigenvalue weighted by Crippen LogP contribution is 2.47. The Balaban J connectivity index is 1.81. The van der Waals surface area contributed by atoms with Crippen molar-refractivity contribution in [3.05, 3.63) is 117 Å². The Morgan fingerprint density at radius 2 is 1.65 bits per heavy atom. The summed E-state index contributed by atoms with van der Waals surface area (Å²) in [4.78, 5) is 15.2. The van der Waals surface area contributed by atoms with Gasteiger partial charge in [0.25, 0.3) is 0 Å². The number of benzene rings is 3. The highest BCUT2D eigenvalue weighted by Gasteiger charge is 2.43. The molecule has 0 radical (unpaired) electrons. The molecule has 0 unspecified atom stereocenters. The molecule has 0 amide bonds. The van der Waals surface area contributed by atoms with E-state index in [-0.39, 0.29) is 17.4 Å². The van der Waals surface area contributed by atoms with Crippen molar-refractivity contribution in [2.45, 2.75) is 32.1 Å². The zero-order valence-electron chi connectivity index (χ0n) is 18.9. The van der Waals surface area contributed by atoms with Crippen molar-refractivity contribution in [1.29, 1.82) is 5.41 Å². The molecule has 3 aromatic carbocycles. The number of aliphatic hydroxyl groups excluding tert-OH is 1. The van der Waals surface area contributed by atoms with Crippen molar-refractivity contribution in [3.8, 4) is 0 Å². The fourth-order valence-electron chi connectivity index (χ4n) is 4.91. The number of amidine groups is 1. The second-order valence-electron chi connectivity index (χ2n) is 8.77. The molecule has 4 nitrogen and oxygen atoms in total. The smallest absolute Gasteiger partial charge is 0.161 e. The maximum Gasteiger partial charge on any atom is 0.161 e. The molecule has 0 fully saturated rings. The summed E-state index contributed by atoms with van der Waals surface area (Å²) in [7, 11) is 0. The van der Waals surface area contributed by atoms with Gasteiger partial charge in [0.2, 0.25) is 0 Å². The fourth-order valence-corrected chi connectivity index (χ4v) is 5.04. The number of anilines is 1. The number of hydrogen-bond acceptors (Lipinski definition) is 3. The van der Waals surface area contributed by atoms with Crippen LogP contribution in [0.3, 0.4) is 0 Å². The van der Waals surface area contributed by atoms with Crippen LogP contribution in [-0.2, 0) is 4.79 Å². The largest absolute Gasteiger partial charge is 0.507 e. The Hall–Kier alpha value is -3.63. The fraction of sp³-hybridized carbons (Fsp3) is 0.172. The molecule has 34 heavy (non-hydrogen) atoms. The second-order valence-corrected chi connectivity index (χ2v) is 9.21. The molecule has 0 aromatic heterocycles. The van der Waals surface area contributed by atoms with Crippen LogP contribution >= 0.6 is 11.6 Å². The van der Waals surface area contributed by atoms with E-state index >= 15 is 0 Å². The van der Waals surface area contributed by atoms with Crippen molar-refractivity contribution in [3.63, 3.8) is 0 Å². The van der Waals surface area contributed by atoms with E-state index in [1.165, 1.54) is 0 Å². The third-order valence-electron chi connectivity index (χ3n) is 6.55. The molecule has 5 heteroatoms. The number of ketones is 1. The number of hydrogen-bond donors (Lipinski definition) is 2. The number of nitrogens with one attached hydrogen (secondary N) is 1. The lowest BCUT2D eigenvalue weighted by Crippen LogP contribution is -2.42. The van der Waals surface area contributed by atoms with Gasteiger partial charge in [-0.15, -0.1) is 0 Å². The molecule has 3 aromatic rings. The molecule has 1 aliphatic carbocycles. The predicted octanol–water partition coefficient (Wildman–Crippen LogP) is 7.21. The normalized spacial score (nSPS) is 19.8. The van der Waals surface area contributed by atoms with Gasteiger partial charge < -0.3 is 5.11 Å². The van der Waals surface area contributed by atoms with E-state index < -0.39 is 5.92 Å². The molecule has 0 saturated carbocycles. The summed E-state index contributed by atoms with van der Waals surface area (Å²) in [5.41, 5.74) is 5.26. The summed E-state index contributed by atoms with van der Waals surface area (Å²) in [6.45, 7) is 1.99. The molecule has 2 N–H and O–H groups in total. The standard InChI is InChI=1S/C29H25ClN2O2/c1-18-10-12-20(13-11-18)28(34)27-25(19-6-3-2-4-7-19)26-23(8-5-9-24(26)33)32(29(27)31)22-16-14-21(30)15-17-22/h2-4,6-7,10-17,25,31,34H,5,8-9H2,1H3/t25-/m0/s1. The van der Waals surface area contributed by atoms with Crippen molar-refractivity contribution in [2.24, 2.45) is 0 Å². The van der Waals surface area contributed by atoms with Crippen LogP contribution in [0.25, 0.3) is 5.76 Å². The zero-order chi connectivity index (χ0) is 23.8. The van der Waals surface area contributed by atoms with Gasteiger partial charge in [-0.3, -0.25) is 15.1 Å². The van der Waals surface area contributed by atoms with E-state index in [0.717, 1.165) is 28.9 Å². The lowest BCUT2D eigenvalue weighted by molar-refractivity contribution is -0.116. The first-order valence-electron chi connectivity index (χ1n) is 11.4. The number of aryl methyl sites for hydroxylation is 1. The molecule has 170 valence electrons. The van der Waals surface area contributed by atoms with Gasteiger partial charge in [0.05, 0.1) is 0 Å². The molecule has 2 aliphatic rings. The summed E-state index contributed by atoms with van der Waals surface area (Å²) in [6, 6.07) is 24.5. The minimum atomic E-state index is -0.513. The molecule has 1 aliphatic heterocycles. The van der Waals surface area contributed by atoms with Gasteiger partial charge in [0.15, 0.2) is 5.78 Å². The average molecular weight is 469 g/mol. The van der Waals surface area contributed by atoms with Gasteiger partial charge in [0, 0.05) is 45.5 Å². The van der Waals surface area contributed by atoms with E-state index in [0.29, 0.717) is 34.6 Å². The van der Waals surface area contributed by atoms with E-state index in [1.807, 2.05) is 78.6 Å². The molecule has 5 rings (SSSR count). The van der Waals surface area contributed by atoms with Crippen molar-refractivity contribution >= 4 is 34.7 Å². The predicted molar refractivity (Wildman–Crippen MR) is 137 cm³/mol. The van der Waals surface area contributed by atoms with Gasteiger partial charge in [-0.2, -0.15) is 0 Å². The number of halogens is 1. The number of Topliss-reactive ketones (excluding diaryl/α,β-unsaturated/α-hetero) is 1. The van der Waals surface area contributed by atoms with E-state index in [4.69, 9.17) is 11.6 Å². The number of aliphatic hydroxyl groups is 1. The zero-order valence-corrected chi connectivity index (χ0v) is 19.6. The minimum Gasteiger partial charge on any atom is -0.507 e. The van der Waals surface area contributed by atoms with Crippen molar-refractivity contribution in [2.75, 3.05) is 4.90 Å². The summed E-state index contributed by atoms with van der Waals surface area (Å²) in [5.74, 6) is -0.262. The topological polar surface area (TPSA) is 64.4 Å². The number of rotatable bonds is 3. The average Bonchev–Trinajstić information content (AvgIpc) is 2.85. The van der Waals surface area contributed by atoms with Gasteiger partial charge in [-0.25, -0.2) is 0 Å². The van der Waals surface area contributed by atoms with E-state index in [9.17, 15) is 15.3 Å². The highest BCUT2D eigenvalue weighted by atomic mass is 35.5. The number of carbonyl (C=O) groups is 1. The number of nitrogens with zero attached hydrogens (tertiary/aromatic N) is 1. The quantitative estimate of drug-likeness (QED) is 0.399. The lowest BCUT2D eigenvalue weighted by Gasteiger charge is -2.41. The van der Waals surface area contributed by atoms with E-state index in [1.54, 1.807) is 12.1 Å². The van der Waals surface area contributed by atoms with Crippen LogP contribution in [0, 0.1) is 12.3 Å². The maximum atomic E-state index is 13.4. The van der Waals surface area contributed by atoms with Gasteiger partial charge in [-0.1, -0.05) is 71.8 Å². The first-order chi connectivity index (χ1) is 16.5. The molecule has 0 saturated heterocycles. The molecule has 0 bridgehead atoms. The molecule has 1 heterocycles. The summed E-state index contributed by atoms with van der Waals surface area (Å²) in [5, 5.41) is 21.5. The SMILES string of the molecule is Cc1ccc(C(O)=C2C(=N)N(c3ccc(Cl)cc3)C3=C(C(=O)CCC3)[C@@H]2c2ccccc2)cc1. The Morgan fingerprint density at radius 1 is 0.971 bits per heavy atom. The van der Waals surface area contributed by atoms with Crippen LogP contribution in [0.4, 0.5) is 5.69 Å². The van der Waals surface area contributed by atoms with Crippen LogP contribution < -0.4 is 4.90 Å². The van der Waals surface area contributed by atoms with Crippen molar-refractivity contribution < 1.29 is 9.90 Å². The minimum absolute atomic E-state index is 0.0164. The molecule has 1 atom stereocenters.